The molecule has 1 aromatic rings. The molecule has 0 aromatic carbocycles. The second-order valence-electron chi connectivity index (χ2n) is 4.31. The van der Waals surface area contributed by atoms with Gasteiger partial charge in [0.2, 0.25) is 0 Å². The molecule has 0 radical (unpaired) electrons. The first-order chi connectivity index (χ1) is 8.54. The van der Waals surface area contributed by atoms with Crippen LogP contribution in [0, 0.1) is 0 Å². The van der Waals surface area contributed by atoms with Gasteiger partial charge in [-0.15, -0.1) is 0 Å². The van der Waals surface area contributed by atoms with Crippen LogP contribution in [0.3, 0.4) is 0 Å². The van der Waals surface area contributed by atoms with Crippen molar-refractivity contribution in [1.29, 1.82) is 0 Å². The average Bonchev–Trinajstić information content (AvgIpc) is 2.30. The fourth-order valence-electron chi connectivity index (χ4n) is 1.36. The molecule has 1 rings (SSSR count). The van der Waals surface area contributed by atoms with Crippen molar-refractivity contribution in [2.45, 2.75) is 13.3 Å². The van der Waals surface area contributed by atoms with Crippen molar-refractivity contribution in [3.63, 3.8) is 0 Å². The van der Waals surface area contributed by atoms with E-state index in [1.165, 1.54) is 0 Å². The van der Waals surface area contributed by atoms with E-state index in [0.717, 1.165) is 26.1 Å². The zero-order valence-corrected chi connectivity index (χ0v) is 12.6. The molecule has 1 heterocycles. The third-order valence-corrected chi connectivity index (χ3v) is 2.90. The van der Waals surface area contributed by atoms with Crippen LogP contribution in [-0.2, 0) is 0 Å². The predicted molar refractivity (Wildman–Crippen MR) is 80.1 cm³/mol. The molecule has 0 unspecified atom stereocenters. The zero-order chi connectivity index (χ0) is 13.5. The fourth-order valence-corrected chi connectivity index (χ4v) is 1.85. The summed E-state index contributed by atoms with van der Waals surface area (Å²) in [6.45, 7) is 4.63. The molecule has 0 aliphatic carbocycles. The lowest BCUT2D eigenvalue weighted by atomic mass is 10.4. The molecule has 0 fully saturated rings. The summed E-state index contributed by atoms with van der Waals surface area (Å²) in [5.74, 6) is 1.34. The molecular weight excluding hydrogens is 271 g/mol. The lowest BCUT2D eigenvalue weighted by molar-refractivity contribution is 0.425. The normalized spacial score (nSPS) is 10.8. The lowest BCUT2D eigenvalue weighted by Crippen LogP contribution is -2.21. The SMILES string of the molecule is CCCNc1nc(NCCN(C)C)c(Cl)cc1Cl. The summed E-state index contributed by atoms with van der Waals surface area (Å²) in [5.41, 5.74) is 0. The van der Waals surface area contributed by atoms with E-state index in [4.69, 9.17) is 23.2 Å². The third-order valence-electron chi connectivity index (χ3n) is 2.32. The zero-order valence-electron chi connectivity index (χ0n) is 11.1. The molecule has 6 heteroatoms. The van der Waals surface area contributed by atoms with Crippen LogP contribution in [0.5, 0.6) is 0 Å². The molecule has 0 aliphatic rings. The molecule has 0 spiro atoms. The van der Waals surface area contributed by atoms with E-state index in [2.05, 4.69) is 27.4 Å². The van der Waals surface area contributed by atoms with Crippen LogP contribution >= 0.6 is 23.2 Å². The molecule has 0 aliphatic heterocycles. The summed E-state index contributed by atoms with van der Waals surface area (Å²) in [4.78, 5) is 6.49. The van der Waals surface area contributed by atoms with Gasteiger partial charge in [0.1, 0.15) is 11.6 Å². The van der Waals surface area contributed by atoms with E-state index in [0.29, 0.717) is 21.7 Å². The van der Waals surface area contributed by atoms with Gasteiger partial charge in [0.25, 0.3) is 0 Å². The minimum atomic E-state index is 0.542. The van der Waals surface area contributed by atoms with Gasteiger partial charge in [-0.2, -0.15) is 0 Å². The largest absolute Gasteiger partial charge is 0.369 e. The molecule has 0 amide bonds. The van der Waals surface area contributed by atoms with Crippen molar-refractivity contribution in [2.24, 2.45) is 0 Å². The molecule has 1 aromatic heterocycles. The van der Waals surface area contributed by atoms with Crippen LogP contribution in [-0.4, -0.2) is 43.6 Å². The Morgan fingerprint density at radius 1 is 1.11 bits per heavy atom. The Bertz CT molecular complexity index is 383. The number of aromatic nitrogens is 1. The number of pyridine rings is 1. The fraction of sp³-hybridized carbons (Fsp3) is 0.583. The van der Waals surface area contributed by atoms with Crippen molar-refractivity contribution >= 4 is 34.8 Å². The first-order valence-corrected chi connectivity index (χ1v) is 6.78. The Balaban J connectivity index is 2.71. The first kappa shape index (κ1) is 15.3. The second-order valence-corrected chi connectivity index (χ2v) is 5.12. The van der Waals surface area contributed by atoms with E-state index in [1.807, 2.05) is 14.1 Å². The maximum atomic E-state index is 6.10. The van der Waals surface area contributed by atoms with E-state index in [-0.39, 0.29) is 0 Å². The van der Waals surface area contributed by atoms with Crippen molar-refractivity contribution in [3.8, 4) is 0 Å². The van der Waals surface area contributed by atoms with Crippen LogP contribution in [0.25, 0.3) is 0 Å². The standard InChI is InChI=1S/C12H20Cl2N4/c1-4-5-15-11-9(13)8-10(14)12(17-11)16-6-7-18(2)3/h8H,4-7H2,1-3H3,(H2,15,16,17). The van der Waals surface area contributed by atoms with Gasteiger partial charge in [0.15, 0.2) is 0 Å². The number of likely N-dealkylation sites (N-methyl/N-ethyl adjacent to an activating group) is 1. The van der Waals surface area contributed by atoms with Crippen LogP contribution in [0.4, 0.5) is 11.6 Å². The summed E-state index contributed by atoms with van der Waals surface area (Å²) in [6.07, 6.45) is 1.02. The number of nitrogens with one attached hydrogen (secondary N) is 2. The van der Waals surface area contributed by atoms with Crippen LogP contribution in [0.2, 0.25) is 10.0 Å². The summed E-state index contributed by atoms with van der Waals surface area (Å²) >= 11 is 12.2. The van der Waals surface area contributed by atoms with Crippen molar-refractivity contribution < 1.29 is 0 Å². The van der Waals surface area contributed by atoms with Gasteiger partial charge >= 0.3 is 0 Å². The predicted octanol–water partition coefficient (Wildman–Crippen LogP) is 3.18. The van der Waals surface area contributed by atoms with Gasteiger partial charge in [-0.05, 0) is 26.6 Å². The second kappa shape index (κ2) is 7.67. The van der Waals surface area contributed by atoms with Gasteiger partial charge in [0, 0.05) is 19.6 Å². The summed E-state index contributed by atoms with van der Waals surface area (Å²) in [6, 6.07) is 1.71. The lowest BCUT2D eigenvalue weighted by Gasteiger charge is -2.14. The number of rotatable bonds is 7. The summed E-state index contributed by atoms with van der Waals surface area (Å²) in [5, 5.41) is 7.47. The molecule has 0 saturated carbocycles. The number of hydrogen-bond acceptors (Lipinski definition) is 4. The van der Waals surface area contributed by atoms with Gasteiger partial charge in [-0.25, -0.2) is 4.98 Å². The van der Waals surface area contributed by atoms with Crippen LogP contribution < -0.4 is 10.6 Å². The van der Waals surface area contributed by atoms with E-state index >= 15 is 0 Å². The highest BCUT2D eigenvalue weighted by atomic mass is 35.5. The van der Waals surface area contributed by atoms with Gasteiger partial charge < -0.3 is 15.5 Å². The molecule has 0 atom stereocenters. The minimum Gasteiger partial charge on any atom is -0.369 e. The van der Waals surface area contributed by atoms with Crippen molar-refractivity contribution in [1.82, 2.24) is 9.88 Å². The summed E-state index contributed by atoms with van der Waals surface area (Å²) in [7, 11) is 4.04. The first-order valence-electron chi connectivity index (χ1n) is 6.03. The van der Waals surface area contributed by atoms with E-state index in [1.54, 1.807) is 6.07 Å². The van der Waals surface area contributed by atoms with E-state index < -0.39 is 0 Å². The number of anilines is 2. The molecular formula is C12H20Cl2N4. The Morgan fingerprint density at radius 3 is 2.17 bits per heavy atom. The quantitative estimate of drug-likeness (QED) is 0.809. The molecule has 18 heavy (non-hydrogen) atoms. The maximum absolute atomic E-state index is 6.10. The molecule has 0 saturated heterocycles. The number of hydrogen-bond donors (Lipinski definition) is 2. The Hall–Kier alpha value is -0.710. The third kappa shape index (κ3) is 4.88. The monoisotopic (exact) mass is 290 g/mol. The molecule has 102 valence electrons. The molecule has 2 N–H and O–H groups in total. The molecule has 0 bridgehead atoms. The Kier molecular flexibility index (Phi) is 6.54. The smallest absolute Gasteiger partial charge is 0.147 e. The van der Waals surface area contributed by atoms with Gasteiger partial charge in [0.05, 0.1) is 10.0 Å². The Labute approximate surface area is 119 Å². The Morgan fingerprint density at radius 2 is 1.67 bits per heavy atom. The highest BCUT2D eigenvalue weighted by Gasteiger charge is 2.08. The highest BCUT2D eigenvalue weighted by Crippen LogP contribution is 2.28. The average molecular weight is 291 g/mol. The minimum absolute atomic E-state index is 0.542. The van der Waals surface area contributed by atoms with E-state index in [9.17, 15) is 0 Å². The van der Waals surface area contributed by atoms with Gasteiger partial charge in [-0.3, -0.25) is 0 Å². The van der Waals surface area contributed by atoms with Crippen LogP contribution in [0.15, 0.2) is 6.07 Å². The topological polar surface area (TPSA) is 40.2 Å². The number of nitrogens with zero attached hydrogens (tertiary/aromatic N) is 2. The summed E-state index contributed by atoms with van der Waals surface area (Å²) < 4.78 is 0. The van der Waals surface area contributed by atoms with Crippen LogP contribution in [0.1, 0.15) is 13.3 Å². The van der Waals surface area contributed by atoms with Gasteiger partial charge in [-0.1, -0.05) is 30.1 Å². The maximum Gasteiger partial charge on any atom is 0.147 e. The highest BCUT2D eigenvalue weighted by molar-refractivity contribution is 6.37. The van der Waals surface area contributed by atoms with Crippen molar-refractivity contribution in [2.75, 3.05) is 44.4 Å². The van der Waals surface area contributed by atoms with Crippen molar-refractivity contribution in [3.05, 3.63) is 16.1 Å². The molecule has 4 nitrogen and oxygen atoms in total. The number of halogens is 2.